The molecule has 3 N–H and O–H groups in total. The van der Waals surface area contributed by atoms with Gasteiger partial charge in [-0.15, -0.1) is 0 Å². The zero-order valence-corrected chi connectivity index (χ0v) is 18.0. The van der Waals surface area contributed by atoms with Crippen molar-refractivity contribution >= 4 is 0 Å². The highest BCUT2D eigenvalue weighted by molar-refractivity contribution is 5.53. The Morgan fingerprint density at radius 2 is 1.93 bits per heavy atom. The summed E-state index contributed by atoms with van der Waals surface area (Å²) in [5.74, 6) is 2.01. The summed E-state index contributed by atoms with van der Waals surface area (Å²) in [5, 5.41) is 11.0. The van der Waals surface area contributed by atoms with E-state index in [4.69, 9.17) is 10.5 Å². The van der Waals surface area contributed by atoms with Gasteiger partial charge in [-0.2, -0.15) is 0 Å². The summed E-state index contributed by atoms with van der Waals surface area (Å²) >= 11 is 0. The van der Waals surface area contributed by atoms with Gasteiger partial charge >= 0.3 is 0 Å². The van der Waals surface area contributed by atoms with E-state index in [9.17, 15) is 5.11 Å². The van der Waals surface area contributed by atoms with E-state index in [0.717, 1.165) is 37.0 Å². The molecular weight excluding hydrogens is 334 g/mol. The number of hydrogen-bond donors (Lipinski definition) is 2. The van der Waals surface area contributed by atoms with Gasteiger partial charge in [0.05, 0.1) is 0 Å². The molecule has 0 bridgehead atoms. The number of aromatic hydroxyl groups is 1. The van der Waals surface area contributed by atoms with E-state index in [-0.39, 0.29) is 17.1 Å². The molecule has 0 spiro atoms. The first-order valence-electron chi connectivity index (χ1n) is 11.0. The Hall–Kier alpha value is -1.22. The lowest BCUT2D eigenvalue weighted by Crippen LogP contribution is -2.48. The zero-order valence-electron chi connectivity index (χ0n) is 18.0. The number of hydrogen-bond acceptors (Lipinski definition) is 3. The maximum Gasteiger partial charge on any atom is 0.127 e. The normalized spacial score (nSPS) is 26.8. The lowest BCUT2D eigenvalue weighted by molar-refractivity contribution is -0.00997. The number of unbranched alkanes of at least 4 members (excludes halogenated alkanes) is 3. The number of rotatable bonds is 6. The van der Waals surface area contributed by atoms with Crippen molar-refractivity contribution in [2.75, 3.05) is 0 Å². The highest BCUT2D eigenvalue weighted by atomic mass is 16.5. The summed E-state index contributed by atoms with van der Waals surface area (Å²) < 4.78 is 6.48. The number of ether oxygens (including phenoxy) is 1. The van der Waals surface area contributed by atoms with Gasteiger partial charge in [0.25, 0.3) is 0 Å². The van der Waals surface area contributed by atoms with E-state index >= 15 is 0 Å². The average Bonchev–Trinajstić information content (AvgIpc) is 2.57. The van der Waals surface area contributed by atoms with Crippen molar-refractivity contribution in [3.8, 4) is 11.5 Å². The van der Waals surface area contributed by atoms with Crippen molar-refractivity contribution in [3.05, 3.63) is 23.3 Å². The first-order chi connectivity index (χ1) is 12.7. The van der Waals surface area contributed by atoms with Gasteiger partial charge in [0.1, 0.15) is 17.1 Å². The molecule has 3 unspecified atom stereocenters. The maximum atomic E-state index is 11.0. The van der Waals surface area contributed by atoms with E-state index in [0.29, 0.717) is 17.6 Å². The lowest BCUT2D eigenvalue weighted by atomic mass is 9.65. The molecular formula is C24H39NO2. The Morgan fingerprint density at radius 3 is 2.63 bits per heavy atom. The standard InChI is InChI=1S/C24H39NO2/c1-6-7-8-9-12-23(2,3)16-13-20(26)22-18-15-17(25)10-11-19(18)24(4,5)27-21(22)14-16/h13-14,17-19,26H,6-12,15,25H2,1-5H3. The molecule has 2 aliphatic rings. The SMILES string of the molecule is CCCCCCC(C)(C)c1cc(O)c2c(c1)OC(C)(C)C1CCC(N)CC21. The monoisotopic (exact) mass is 373 g/mol. The van der Waals surface area contributed by atoms with Crippen LogP contribution in [0.2, 0.25) is 0 Å². The number of phenols is 1. The van der Waals surface area contributed by atoms with Crippen molar-refractivity contribution in [1.29, 1.82) is 0 Å². The predicted molar refractivity (Wildman–Crippen MR) is 113 cm³/mol. The van der Waals surface area contributed by atoms with E-state index in [1.165, 1.54) is 31.2 Å². The summed E-state index contributed by atoms with van der Waals surface area (Å²) in [7, 11) is 0. The molecule has 1 aliphatic carbocycles. The number of fused-ring (bicyclic) bond motifs is 3. The molecule has 1 aliphatic heterocycles. The maximum absolute atomic E-state index is 11.0. The molecule has 3 atom stereocenters. The van der Waals surface area contributed by atoms with Gasteiger partial charge in [-0.1, -0.05) is 46.5 Å². The molecule has 3 nitrogen and oxygen atoms in total. The Morgan fingerprint density at radius 1 is 1.19 bits per heavy atom. The van der Waals surface area contributed by atoms with Crippen molar-refractivity contribution in [3.63, 3.8) is 0 Å². The fourth-order valence-corrected chi connectivity index (χ4v) is 5.31. The van der Waals surface area contributed by atoms with Crippen LogP contribution in [0.1, 0.15) is 103 Å². The largest absolute Gasteiger partial charge is 0.508 e. The second-order valence-electron chi connectivity index (χ2n) is 10.1. The third-order valence-corrected chi connectivity index (χ3v) is 7.08. The van der Waals surface area contributed by atoms with E-state index < -0.39 is 0 Å². The summed E-state index contributed by atoms with van der Waals surface area (Å²) in [4.78, 5) is 0. The first kappa shape index (κ1) is 20.5. The van der Waals surface area contributed by atoms with Crippen LogP contribution in [0, 0.1) is 5.92 Å². The molecule has 0 aromatic heterocycles. The molecule has 0 radical (unpaired) electrons. The van der Waals surface area contributed by atoms with Crippen LogP contribution in [0.15, 0.2) is 12.1 Å². The summed E-state index contributed by atoms with van der Waals surface area (Å²) in [6.45, 7) is 11.2. The average molecular weight is 374 g/mol. The van der Waals surface area contributed by atoms with Gasteiger partial charge in [-0.3, -0.25) is 0 Å². The second-order valence-corrected chi connectivity index (χ2v) is 10.1. The minimum Gasteiger partial charge on any atom is -0.508 e. The predicted octanol–water partition coefficient (Wildman–Crippen LogP) is 6.02. The molecule has 1 aromatic carbocycles. The van der Waals surface area contributed by atoms with Crippen LogP contribution in [-0.2, 0) is 5.41 Å². The Kier molecular flexibility index (Phi) is 5.82. The summed E-state index contributed by atoms with van der Waals surface area (Å²) in [6, 6.07) is 4.42. The lowest BCUT2D eigenvalue weighted by Gasteiger charge is -2.49. The van der Waals surface area contributed by atoms with E-state index in [2.05, 4.69) is 40.7 Å². The van der Waals surface area contributed by atoms with Gasteiger partial charge in [0.15, 0.2) is 0 Å². The quantitative estimate of drug-likeness (QED) is 0.599. The first-order valence-corrected chi connectivity index (χ1v) is 11.0. The number of benzene rings is 1. The van der Waals surface area contributed by atoms with Crippen LogP contribution in [-0.4, -0.2) is 16.7 Å². The Bertz CT molecular complexity index is 665. The minimum absolute atomic E-state index is 0.0353. The molecule has 1 saturated carbocycles. The highest BCUT2D eigenvalue weighted by Gasteiger charge is 2.47. The molecule has 1 fully saturated rings. The summed E-state index contributed by atoms with van der Waals surface area (Å²) in [5.41, 5.74) is 8.30. The molecule has 0 amide bonds. The van der Waals surface area contributed by atoms with Crippen molar-refractivity contribution < 1.29 is 9.84 Å². The van der Waals surface area contributed by atoms with Gasteiger partial charge in [0, 0.05) is 17.5 Å². The third kappa shape index (κ3) is 4.13. The van der Waals surface area contributed by atoms with Crippen LogP contribution in [0.5, 0.6) is 11.5 Å². The highest BCUT2D eigenvalue weighted by Crippen LogP contribution is 2.55. The van der Waals surface area contributed by atoms with Crippen LogP contribution < -0.4 is 10.5 Å². The number of nitrogens with two attached hydrogens (primary N) is 1. The fraction of sp³-hybridized carbons (Fsp3) is 0.750. The zero-order chi connectivity index (χ0) is 19.8. The topological polar surface area (TPSA) is 55.5 Å². The molecule has 3 rings (SSSR count). The molecule has 0 saturated heterocycles. The Labute approximate surface area is 165 Å². The third-order valence-electron chi connectivity index (χ3n) is 7.08. The smallest absolute Gasteiger partial charge is 0.127 e. The van der Waals surface area contributed by atoms with E-state index in [1.807, 2.05) is 6.07 Å². The fourth-order valence-electron chi connectivity index (χ4n) is 5.31. The molecule has 152 valence electrons. The van der Waals surface area contributed by atoms with Crippen LogP contribution in [0.4, 0.5) is 0 Å². The van der Waals surface area contributed by atoms with Gasteiger partial charge in [-0.25, -0.2) is 0 Å². The van der Waals surface area contributed by atoms with Crippen LogP contribution in [0.3, 0.4) is 0 Å². The Balaban J connectivity index is 1.91. The van der Waals surface area contributed by atoms with Gasteiger partial charge < -0.3 is 15.6 Å². The van der Waals surface area contributed by atoms with Gasteiger partial charge in [0.2, 0.25) is 0 Å². The van der Waals surface area contributed by atoms with Crippen molar-refractivity contribution in [2.24, 2.45) is 11.7 Å². The molecule has 27 heavy (non-hydrogen) atoms. The van der Waals surface area contributed by atoms with Crippen LogP contribution in [0.25, 0.3) is 0 Å². The minimum atomic E-state index is -0.214. The second kappa shape index (κ2) is 7.66. The van der Waals surface area contributed by atoms with Crippen LogP contribution >= 0.6 is 0 Å². The molecule has 3 heteroatoms. The molecule has 1 heterocycles. The number of phenolic OH excluding ortho intramolecular Hbond substituents is 1. The van der Waals surface area contributed by atoms with Crippen molar-refractivity contribution in [1.82, 2.24) is 0 Å². The van der Waals surface area contributed by atoms with Crippen molar-refractivity contribution in [2.45, 2.75) is 109 Å². The molecule has 1 aromatic rings. The van der Waals surface area contributed by atoms with Gasteiger partial charge in [-0.05, 0) is 68.6 Å². The summed E-state index contributed by atoms with van der Waals surface area (Å²) in [6.07, 6.45) is 9.26. The van der Waals surface area contributed by atoms with E-state index in [1.54, 1.807) is 0 Å².